The first-order valence-electron chi connectivity index (χ1n) is 10.7. The first kappa shape index (κ1) is 21.6. The zero-order valence-electron chi connectivity index (χ0n) is 18.3. The van der Waals surface area contributed by atoms with Crippen molar-refractivity contribution in [3.05, 3.63) is 93.2 Å². The highest BCUT2D eigenvalue weighted by Crippen LogP contribution is 2.17. The highest BCUT2D eigenvalue weighted by Gasteiger charge is 2.23. The molecule has 2 heterocycles. The van der Waals surface area contributed by atoms with Crippen molar-refractivity contribution in [1.29, 1.82) is 0 Å². The van der Waals surface area contributed by atoms with Crippen molar-refractivity contribution in [2.24, 2.45) is 0 Å². The van der Waals surface area contributed by atoms with Gasteiger partial charge in [0, 0.05) is 36.4 Å². The van der Waals surface area contributed by atoms with E-state index in [1.54, 1.807) is 31.2 Å². The normalized spacial score (nSPS) is 13.4. The number of nitrogens with zero attached hydrogens (tertiary/aromatic N) is 3. The van der Waals surface area contributed by atoms with Gasteiger partial charge in [0.05, 0.1) is 5.69 Å². The second kappa shape index (κ2) is 9.28. The van der Waals surface area contributed by atoms with Crippen LogP contribution in [0.1, 0.15) is 39.9 Å². The molecule has 1 N–H and O–H groups in total. The number of carbonyl (C=O) groups excluding carboxylic acids is 2. The van der Waals surface area contributed by atoms with E-state index in [2.05, 4.69) is 27.3 Å². The van der Waals surface area contributed by atoms with Crippen LogP contribution in [-0.2, 0) is 30.8 Å². The van der Waals surface area contributed by atoms with Crippen LogP contribution in [0.5, 0.6) is 0 Å². The summed E-state index contributed by atoms with van der Waals surface area (Å²) in [5.41, 5.74) is 3.60. The maximum Gasteiger partial charge on any atom is 0.257 e. The average molecular weight is 431 g/mol. The predicted octanol–water partition coefficient (Wildman–Crippen LogP) is 2.95. The van der Waals surface area contributed by atoms with Crippen LogP contribution < -0.4 is 10.9 Å². The van der Waals surface area contributed by atoms with Crippen LogP contribution >= 0.6 is 0 Å². The summed E-state index contributed by atoms with van der Waals surface area (Å²) in [5, 5.41) is 2.77. The predicted molar refractivity (Wildman–Crippen MR) is 123 cm³/mol. The van der Waals surface area contributed by atoms with Gasteiger partial charge in [0.1, 0.15) is 12.4 Å². The first-order valence-corrected chi connectivity index (χ1v) is 10.7. The second-order valence-corrected chi connectivity index (χ2v) is 8.11. The number of amides is 1. The van der Waals surface area contributed by atoms with E-state index in [0.717, 1.165) is 18.8 Å². The number of anilines is 1. The Bertz CT molecular complexity index is 1220. The third-order valence-corrected chi connectivity index (χ3v) is 5.69. The van der Waals surface area contributed by atoms with Crippen LogP contribution in [0.2, 0.25) is 0 Å². The summed E-state index contributed by atoms with van der Waals surface area (Å²) < 4.78 is 1.43. The van der Waals surface area contributed by atoms with Gasteiger partial charge in [-0.15, -0.1) is 0 Å². The summed E-state index contributed by atoms with van der Waals surface area (Å²) in [5.74, 6) is 0.107. The lowest BCUT2D eigenvalue weighted by atomic mass is 10.1. The van der Waals surface area contributed by atoms with E-state index in [4.69, 9.17) is 0 Å². The van der Waals surface area contributed by atoms with Gasteiger partial charge >= 0.3 is 0 Å². The molecule has 1 aromatic heterocycles. The molecule has 0 saturated carbocycles. The van der Waals surface area contributed by atoms with Crippen molar-refractivity contribution < 1.29 is 9.59 Å². The van der Waals surface area contributed by atoms with Crippen molar-refractivity contribution in [1.82, 2.24) is 14.5 Å². The first-order chi connectivity index (χ1) is 15.4. The van der Waals surface area contributed by atoms with Gasteiger partial charge in [-0.1, -0.05) is 42.5 Å². The summed E-state index contributed by atoms with van der Waals surface area (Å²) in [6.07, 6.45) is 0.608. The summed E-state index contributed by atoms with van der Waals surface area (Å²) in [4.78, 5) is 44.2. The van der Waals surface area contributed by atoms with E-state index in [-0.39, 0.29) is 23.8 Å². The minimum atomic E-state index is -0.334. The van der Waals surface area contributed by atoms with Gasteiger partial charge in [-0.05, 0) is 38.0 Å². The fourth-order valence-corrected chi connectivity index (χ4v) is 4.02. The fourth-order valence-electron chi connectivity index (χ4n) is 4.02. The van der Waals surface area contributed by atoms with E-state index in [1.165, 1.54) is 17.1 Å². The Hall–Kier alpha value is -3.58. The lowest BCUT2D eigenvalue weighted by molar-refractivity contribution is -0.116. The standard InChI is InChI=1S/C25H26N4O3/c1-17(30)20-9-6-10-21(13-20)27-24(31)16-29-18(2)26-23-15-28(12-11-22(23)25(29)32)14-19-7-4-3-5-8-19/h3-10,13H,11-12,14-16H2,1-2H3,(H,27,31). The van der Waals surface area contributed by atoms with Crippen LogP contribution in [-0.4, -0.2) is 32.7 Å². The number of fused-ring (bicyclic) bond motifs is 1. The second-order valence-electron chi connectivity index (χ2n) is 8.11. The van der Waals surface area contributed by atoms with E-state index < -0.39 is 0 Å². The molecule has 1 aliphatic heterocycles. The summed E-state index contributed by atoms with van der Waals surface area (Å²) in [6, 6.07) is 17.0. The number of benzene rings is 2. The van der Waals surface area contributed by atoms with Crippen molar-refractivity contribution in [3.8, 4) is 0 Å². The lowest BCUT2D eigenvalue weighted by Crippen LogP contribution is -2.39. The van der Waals surface area contributed by atoms with Crippen LogP contribution in [0.15, 0.2) is 59.4 Å². The lowest BCUT2D eigenvalue weighted by Gasteiger charge is -2.28. The number of hydrogen-bond donors (Lipinski definition) is 1. The molecule has 0 unspecified atom stereocenters. The average Bonchev–Trinajstić information content (AvgIpc) is 2.77. The molecule has 7 heteroatoms. The number of Topliss-reactive ketones (excluding diaryl/α,β-unsaturated/α-hetero) is 1. The highest BCUT2D eigenvalue weighted by molar-refractivity contribution is 5.97. The van der Waals surface area contributed by atoms with Crippen molar-refractivity contribution >= 4 is 17.4 Å². The van der Waals surface area contributed by atoms with Crippen LogP contribution in [0.4, 0.5) is 5.69 Å². The molecule has 7 nitrogen and oxygen atoms in total. The maximum absolute atomic E-state index is 13.1. The fraction of sp³-hybridized carbons (Fsp3) is 0.280. The largest absolute Gasteiger partial charge is 0.325 e. The number of hydrogen-bond acceptors (Lipinski definition) is 5. The number of aromatic nitrogens is 2. The molecular formula is C25H26N4O3. The number of ketones is 1. The number of rotatable bonds is 6. The van der Waals surface area contributed by atoms with E-state index >= 15 is 0 Å². The third-order valence-electron chi connectivity index (χ3n) is 5.69. The molecule has 4 rings (SSSR count). The van der Waals surface area contributed by atoms with Crippen molar-refractivity contribution in [2.75, 3.05) is 11.9 Å². The minimum Gasteiger partial charge on any atom is -0.325 e. The Kier molecular flexibility index (Phi) is 6.28. The molecule has 0 fully saturated rings. The summed E-state index contributed by atoms with van der Waals surface area (Å²) in [7, 11) is 0. The van der Waals surface area contributed by atoms with Gasteiger partial charge < -0.3 is 5.32 Å². The highest BCUT2D eigenvalue weighted by atomic mass is 16.2. The molecule has 3 aromatic rings. The Morgan fingerprint density at radius 1 is 1.09 bits per heavy atom. The van der Waals surface area contributed by atoms with Gasteiger partial charge in [0.2, 0.25) is 5.91 Å². The van der Waals surface area contributed by atoms with Crippen LogP contribution in [0.3, 0.4) is 0 Å². The molecule has 2 aromatic carbocycles. The monoisotopic (exact) mass is 430 g/mol. The van der Waals surface area contributed by atoms with Gasteiger partial charge in [0.25, 0.3) is 5.56 Å². The van der Waals surface area contributed by atoms with Crippen molar-refractivity contribution in [3.63, 3.8) is 0 Å². The summed E-state index contributed by atoms with van der Waals surface area (Å²) >= 11 is 0. The Labute approximate surface area is 186 Å². The Morgan fingerprint density at radius 3 is 2.62 bits per heavy atom. The van der Waals surface area contributed by atoms with Gasteiger partial charge in [-0.3, -0.25) is 23.9 Å². The molecular weight excluding hydrogens is 404 g/mol. The SMILES string of the molecule is CC(=O)c1cccc(NC(=O)Cn2c(C)nc3c(c2=O)CCN(Cc2ccccc2)C3)c1. The molecule has 0 aliphatic carbocycles. The number of nitrogens with one attached hydrogen (secondary N) is 1. The quantitative estimate of drug-likeness (QED) is 0.608. The molecule has 0 bridgehead atoms. The van der Waals surface area contributed by atoms with Gasteiger partial charge in [-0.25, -0.2) is 4.98 Å². The molecule has 0 saturated heterocycles. The zero-order valence-corrected chi connectivity index (χ0v) is 18.3. The van der Waals surface area contributed by atoms with Gasteiger partial charge in [0.15, 0.2) is 5.78 Å². The topological polar surface area (TPSA) is 84.3 Å². The zero-order chi connectivity index (χ0) is 22.7. The number of carbonyl (C=O) groups is 2. The number of aryl methyl sites for hydroxylation is 1. The van der Waals surface area contributed by atoms with E-state index in [9.17, 15) is 14.4 Å². The molecule has 32 heavy (non-hydrogen) atoms. The Morgan fingerprint density at radius 2 is 1.88 bits per heavy atom. The Balaban J connectivity index is 1.48. The van der Waals surface area contributed by atoms with Crippen LogP contribution in [0.25, 0.3) is 0 Å². The third kappa shape index (κ3) is 4.84. The maximum atomic E-state index is 13.1. The molecule has 0 atom stereocenters. The van der Waals surface area contributed by atoms with Crippen molar-refractivity contribution in [2.45, 2.75) is 39.9 Å². The van der Waals surface area contributed by atoms with Crippen LogP contribution in [0, 0.1) is 6.92 Å². The molecule has 1 amide bonds. The summed E-state index contributed by atoms with van der Waals surface area (Å²) in [6.45, 7) is 5.30. The molecule has 0 radical (unpaired) electrons. The minimum absolute atomic E-state index is 0.0756. The van der Waals surface area contributed by atoms with Gasteiger partial charge in [-0.2, -0.15) is 0 Å². The molecule has 164 valence electrons. The van der Waals surface area contributed by atoms with E-state index in [1.807, 2.05) is 18.2 Å². The molecule has 0 spiro atoms. The molecule has 1 aliphatic rings. The smallest absolute Gasteiger partial charge is 0.257 e. The van der Waals surface area contributed by atoms with E-state index in [0.29, 0.717) is 35.6 Å².